The van der Waals surface area contributed by atoms with E-state index in [1.54, 1.807) is 36.4 Å². The zero-order valence-electron chi connectivity index (χ0n) is 19.8. The number of aromatic carboxylic acids is 1. The lowest BCUT2D eigenvalue weighted by atomic mass is 10.1. The van der Waals surface area contributed by atoms with Crippen molar-refractivity contribution in [3.05, 3.63) is 65.0 Å². The van der Waals surface area contributed by atoms with Crippen LogP contribution < -0.4 is 9.61 Å². The number of esters is 1. The summed E-state index contributed by atoms with van der Waals surface area (Å²) in [6.07, 6.45) is 1.70. The second-order valence-corrected chi connectivity index (χ2v) is 11.4. The summed E-state index contributed by atoms with van der Waals surface area (Å²) in [6, 6.07) is 12.9. The summed E-state index contributed by atoms with van der Waals surface area (Å²) in [5, 5.41) is 12.3. The quantitative estimate of drug-likeness (QED) is 0.200. The van der Waals surface area contributed by atoms with E-state index in [1.807, 2.05) is 13.8 Å². The first-order valence-electron chi connectivity index (χ1n) is 11.4. The standard InChI is InChI=1S/C25H29FNO6PS/c1-4-17(5-2)15-32-25(30)16(3)27-34(31,33-20-9-7-6-8-10-20)23(26)18-11-12-21-19(13-18)14-22(35-21)24(28)29/h6-14,16-17,23H,4-5,15H2,1-3H3,(H,27,31)(H,28,29)/t16-,23?,34?/m0/s1. The van der Waals surface area contributed by atoms with Crippen LogP contribution in [0.25, 0.3) is 10.1 Å². The van der Waals surface area contributed by atoms with Gasteiger partial charge >= 0.3 is 19.5 Å². The Labute approximate surface area is 207 Å². The largest absolute Gasteiger partial charge is 0.477 e. The number of halogens is 1. The van der Waals surface area contributed by atoms with Crippen molar-refractivity contribution in [2.45, 2.75) is 45.6 Å². The number of ether oxygens (including phenoxy) is 1. The number of rotatable bonds is 12. The molecule has 1 heterocycles. The van der Waals surface area contributed by atoms with Crippen LogP contribution in [-0.2, 0) is 14.1 Å². The fraction of sp³-hybridized carbons (Fsp3) is 0.360. The number of nitrogens with one attached hydrogen (secondary N) is 1. The molecule has 10 heteroatoms. The number of carbonyl (C=O) groups is 2. The van der Waals surface area contributed by atoms with Gasteiger partial charge in [-0.2, -0.15) is 0 Å². The van der Waals surface area contributed by atoms with Crippen LogP contribution in [0.4, 0.5) is 4.39 Å². The van der Waals surface area contributed by atoms with Gasteiger partial charge in [0, 0.05) is 4.70 Å². The van der Waals surface area contributed by atoms with E-state index in [2.05, 4.69) is 5.09 Å². The topological polar surface area (TPSA) is 102 Å². The first-order chi connectivity index (χ1) is 16.7. The molecule has 3 aromatic rings. The van der Waals surface area contributed by atoms with Crippen molar-refractivity contribution in [2.24, 2.45) is 5.92 Å². The molecule has 35 heavy (non-hydrogen) atoms. The summed E-state index contributed by atoms with van der Waals surface area (Å²) in [5.74, 6) is -3.48. The van der Waals surface area contributed by atoms with Gasteiger partial charge < -0.3 is 14.4 Å². The molecular weight excluding hydrogens is 492 g/mol. The van der Waals surface area contributed by atoms with Crippen LogP contribution >= 0.6 is 18.9 Å². The van der Waals surface area contributed by atoms with Crippen molar-refractivity contribution in [2.75, 3.05) is 6.61 Å². The third kappa shape index (κ3) is 6.69. The van der Waals surface area contributed by atoms with Crippen LogP contribution in [-0.4, -0.2) is 29.7 Å². The Kier molecular flexibility index (Phi) is 9.05. The monoisotopic (exact) mass is 521 g/mol. The fourth-order valence-corrected chi connectivity index (χ4v) is 6.25. The van der Waals surface area contributed by atoms with Gasteiger partial charge in [0.05, 0.1) is 6.61 Å². The van der Waals surface area contributed by atoms with Crippen molar-refractivity contribution in [3.63, 3.8) is 0 Å². The second-order valence-electron chi connectivity index (χ2n) is 8.21. The van der Waals surface area contributed by atoms with Gasteiger partial charge in [-0.15, -0.1) is 11.3 Å². The van der Waals surface area contributed by atoms with E-state index in [9.17, 15) is 19.3 Å². The van der Waals surface area contributed by atoms with E-state index >= 15 is 4.39 Å². The molecule has 2 aromatic carbocycles. The van der Waals surface area contributed by atoms with Gasteiger partial charge in [0.25, 0.3) is 0 Å². The van der Waals surface area contributed by atoms with Gasteiger partial charge in [-0.25, -0.2) is 14.3 Å². The highest BCUT2D eigenvalue weighted by Crippen LogP contribution is 2.58. The first-order valence-corrected chi connectivity index (χ1v) is 13.9. The zero-order chi connectivity index (χ0) is 25.6. The summed E-state index contributed by atoms with van der Waals surface area (Å²) in [4.78, 5) is 24.0. The number of fused-ring (bicyclic) bond motifs is 1. The molecule has 188 valence electrons. The average Bonchev–Trinajstić information content (AvgIpc) is 3.28. The summed E-state index contributed by atoms with van der Waals surface area (Å²) in [6.45, 7) is 5.68. The Morgan fingerprint density at radius 1 is 1.11 bits per heavy atom. The number of para-hydroxylation sites is 1. The average molecular weight is 522 g/mol. The minimum Gasteiger partial charge on any atom is -0.477 e. The maximum Gasteiger partial charge on any atom is 0.355 e. The Morgan fingerprint density at radius 2 is 1.80 bits per heavy atom. The molecule has 0 saturated carbocycles. The zero-order valence-corrected chi connectivity index (χ0v) is 21.5. The van der Waals surface area contributed by atoms with Gasteiger partial charge in [-0.05, 0) is 54.1 Å². The van der Waals surface area contributed by atoms with E-state index in [0.717, 1.165) is 24.2 Å². The molecule has 0 spiro atoms. The molecule has 2 N–H and O–H groups in total. The predicted octanol–water partition coefficient (Wildman–Crippen LogP) is 6.80. The van der Waals surface area contributed by atoms with Gasteiger partial charge in [0.15, 0.2) is 0 Å². The molecular formula is C25H29FNO6PS. The fourth-order valence-electron chi connectivity index (χ4n) is 3.46. The van der Waals surface area contributed by atoms with E-state index in [1.165, 1.54) is 25.1 Å². The molecule has 1 aromatic heterocycles. The molecule has 0 aliphatic rings. The van der Waals surface area contributed by atoms with Crippen LogP contribution in [0.5, 0.6) is 5.75 Å². The minimum absolute atomic E-state index is 0.0385. The van der Waals surface area contributed by atoms with E-state index in [4.69, 9.17) is 9.26 Å². The molecule has 3 rings (SSSR count). The molecule has 0 amide bonds. The SMILES string of the molecule is CCC(CC)COC(=O)[C@H](C)NP(=O)(Oc1ccccc1)C(F)c1ccc2sc(C(=O)O)cc2c1. The third-order valence-electron chi connectivity index (χ3n) is 5.65. The highest BCUT2D eigenvalue weighted by atomic mass is 32.1. The molecule has 0 saturated heterocycles. The van der Waals surface area contributed by atoms with E-state index < -0.39 is 31.4 Å². The lowest BCUT2D eigenvalue weighted by Gasteiger charge is -2.26. The lowest BCUT2D eigenvalue weighted by Crippen LogP contribution is -2.36. The van der Waals surface area contributed by atoms with Gasteiger partial charge in [-0.1, -0.05) is 51.0 Å². The number of thiophene rings is 1. The highest BCUT2D eigenvalue weighted by molar-refractivity contribution is 7.57. The number of hydrogen-bond donors (Lipinski definition) is 2. The number of benzene rings is 2. The van der Waals surface area contributed by atoms with E-state index in [-0.39, 0.29) is 28.7 Å². The number of hydrogen-bond acceptors (Lipinski definition) is 6. The minimum atomic E-state index is -4.35. The summed E-state index contributed by atoms with van der Waals surface area (Å²) >= 11 is 1.06. The van der Waals surface area contributed by atoms with Crippen LogP contribution in [0, 0.1) is 5.92 Å². The normalized spacial score (nSPS) is 14.9. The van der Waals surface area contributed by atoms with Crippen molar-refractivity contribution < 1.29 is 32.9 Å². The number of carboxylic acids is 1. The Hall–Kier alpha value is -2.74. The van der Waals surface area contributed by atoms with Crippen molar-refractivity contribution in [1.82, 2.24) is 5.09 Å². The predicted molar refractivity (Wildman–Crippen MR) is 135 cm³/mol. The second kappa shape index (κ2) is 11.8. The van der Waals surface area contributed by atoms with Crippen LogP contribution in [0.2, 0.25) is 0 Å². The van der Waals surface area contributed by atoms with Gasteiger partial charge in [0.2, 0.25) is 5.91 Å². The molecule has 7 nitrogen and oxygen atoms in total. The van der Waals surface area contributed by atoms with Gasteiger partial charge in [0.1, 0.15) is 16.7 Å². The number of carboxylic acid groups (broad SMARTS) is 1. The van der Waals surface area contributed by atoms with Crippen LogP contribution in [0.1, 0.15) is 54.8 Å². The molecule has 2 unspecified atom stereocenters. The molecule has 3 atom stereocenters. The number of carbonyl (C=O) groups excluding carboxylic acids is 1. The molecule has 0 fully saturated rings. The maximum atomic E-state index is 15.9. The van der Waals surface area contributed by atoms with Crippen LogP contribution in [0.15, 0.2) is 54.6 Å². The third-order valence-corrected chi connectivity index (χ3v) is 8.88. The first kappa shape index (κ1) is 26.9. The van der Waals surface area contributed by atoms with Crippen molar-refractivity contribution in [3.8, 4) is 5.75 Å². The van der Waals surface area contributed by atoms with Gasteiger partial charge in [-0.3, -0.25) is 9.36 Å². The summed E-state index contributed by atoms with van der Waals surface area (Å²) < 4.78 is 41.4. The Bertz CT molecular complexity index is 1210. The van der Waals surface area contributed by atoms with Crippen molar-refractivity contribution in [1.29, 1.82) is 0 Å². The molecule has 0 radical (unpaired) electrons. The Balaban J connectivity index is 1.88. The molecule has 0 aliphatic heterocycles. The van der Waals surface area contributed by atoms with Crippen LogP contribution in [0.3, 0.4) is 0 Å². The maximum absolute atomic E-state index is 15.9. The number of alkyl halides is 1. The smallest absolute Gasteiger partial charge is 0.355 e. The lowest BCUT2D eigenvalue weighted by molar-refractivity contribution is -0.146. The van der Waals surface area contributed by atoms with E-state index in [0.29, 0.717) is 10.1 Å². The summed E-state index contributed by atoms with van der Waals surface area (Å²) in [5.41, 5.74) is 0.0385. The molecule has 0 aliphatic carbocycles. The van der Waals surface area contributed by atoms with Crippen molar-refractivity contribution >= 4 is 40.9 Å². The summed E-state index contributed by atoms with van der Waals surface area (Å²) in [7, 11) is -4.35. The highest BCUT2D eigenvalue weighted by Gasteiger charge is 2.41. The molecule has 0 bridgehead atoms. The Morgan fingerprint density at radius 3 is 2.43 bits per heavy atom.